The smallest absolute Gasteiger partial charge is 0.358 e. The highest BCUT2D eigenvalue weighted by molar-refractivity contribution is 5.86. The van der Waals surface area contributed by atoms with Crippen molar-refractivity contribution in [1.82, 2.24) is 15.0 Å². The molecule has 0 atom stereocenters. The van der Waals surface area contributed by atoms with Gasteiger partial charge in [0.15, 0.2) is 5.69 Å². The van der Waals surface area contributed by atoms with Crippen LogP contribution < -0.4 is 0 Å². The van der Waals surface area contributed by atoms with Crippen LogP contribution in [0.15, 0.2) is 18.2 Å². The number of carbonyl (C=O) groups is 1. The molecule has 2 rings (SSSR count). The zero-order valence-corrected chi connectivity index (χ0v) is 11.2. The Morgan fingerprint density at radius 2 is 2.19 bits per heavy atom. The molecule has 0 bridgehead atoms. The van der Waals surface area contributed by atoms with Crippen LogP contribution in [-0.2, 0) is 17.7 Å². The van der Waals surface area contributed by atoms with Gasteiger partial charge in [0.2, 0.25) is 0 Å². The lowest BCUT2D eigenvalue weighted by Gasteiger charge is -2.08. The summed E-state index contributed by atoms with van der Waals surface area (Å²) < 4.78 is 32.7. The Kier molecular flexibility index (Phi) is 4.59. The van der Waals surface area contributed by atoms with Crippen molar-refractivity contribution in [3.63, 3.8) is 0 Å². The monoisotopic (exact) mass is 297 g/mol. The van der Waals surface area contributed by atoms with E-state index in [2.05, 4.69) is 10.3 Å². The van der Waals surface area contributed by atoms with Gasteiger partial charge >= 0.3 is 5.97 Å². The van der Waals surface area contributed by atoms with Crippen LogP contribution in [0.3, 0.4) is 0 Å². The van der Waals surface area contributed by atoms with Crippen molar-refractivity contribution in [3.05, 3.63) is 46.8 Å². The minimum absolute atomic E-state index is 0.0363. The van der Waals surface area contributed by atoms with E-state index in [0.29, 0.717) is 5.69 Å². The maximum absolute atomic E-state index is 13.6. The van der Waals surface area contributed by atoms with E-state index in [-0.39, 0.29) is 30.8 Å². The fourth-order valence-electron chi connectivity index (χ4n) is 1.88. The number of nitrogens with zero attached hydrogens (tertiary/aromatic N) is 3. The lowest BCUT2D eigenvalue weighted by atomic mass is 10.2. The number of carboxylic acids is 1. The second kappa shape index (κ2) is 6.40. The number of rotatable bonds is 6. The molecule has 6 nitrogen and oxygen atoms in total. The van der Waals surface area contributed by atoms with E-state index in [0.717, 1.165) is 12.1 Å². The number of carboxylic acid groups (broad SMARTS) is 1. The highest BCUT2D eigenvalue weighted by Gasteiger charge is 2.19. The molecule has 0 aliphatic heterocycles. The molecule has 0 saturated carbocycles. The lowest BCUT2D eigenvalue weighted by Crippen LogP contribution is -2.12. The summed E-state index contributed by atoms with van der Waals surface area (Å²) in [5, 5.41) is 16.3. The Morgan fingerprint density at radius 1 is 1.43 bits per heavy atom. The summed E-state index contributed by atoms with van der Waals surface area (Å²) in [6, 6.07) is 3.17. The van der Waals surface area contributed by atoms with Crippen LogP contribution in [-0.4, -0.2) is 39.8 Å². The van der Waals surface area contributed by atoms with Gasteiger partial charge < -0.3 is 9.84 Å². The highest BCUT2D eigenvalue weighted by atomic mass is 19.1. The molecule has 1 aromatic carbocycles. The van der Waals surface area contributed by atoms with Crippen molar-refractivity contribution < 1.29 is 23.4 Å². The average Bonchev–Trinajstić information content (AvgIpc) is 2.82. The van der Waals surface area contributed by atoms with Gasteiger partial charge in [-0.3, -0.25) is 0 Å². The van der Waals surface area contributed by atoms with Crippen molar-refractivity contribution >= 4 is 5.97 Å². The summed E-state index contributed by atoms with van der Waals surface area (Å²) >= 11 is 0. The molecule has 0 aliphatic carbocycles. The molecule has 112 valence electrons. The third-order valence-electron chi connectivity index (χ3n) is 2.92. The number of benzene rings is 1. The first kappa shape index (κ1) is 15.0. The second-order valence-electron chi connectivity index (χ2n) is 4.33. The van der Waals surface area contributed by atoms with Gasteiger partial charge in [0.25, 0.3) is 0 Å². The molecule has 0 aliphatic rings. The van der Waals surface area contributed by atoms with E-state index in [4.69, 9.17) is 9.84 Å². The number of aromatic nitrogens is 3. The van der Waals surface area contributed by atoms with Crippen LogP contribution in [0.4, 0.5) is 8.78 Å². The van der Waals surface area contributed by atoms with Crippen LogP contribution in [0.25, 0.3) is 0 Å². The van der Waals surface area contributed by atoms with E-state index < -0.39 is 17.6 Å². The maximum atomic E-state index is 13.6. The summed E-state index contributed by atoms with van der Waals surface area (Å²) in [7, 11) is 1.48. The van der Waals surface area contributed by atoms with Gasteiger partial charge in [-0.2, -0.15) is 0 Å². The topological polar surface area (TPSA) is 77.2 Å². The van der Waals surface area contributed by atoms with Crippen LogP contribution in [0.2, 0.25) is 0 Å². The molecule has 8 heteroatoms. The summed E-state index contributed by atoms with van der Waals surface area (Å²) in [5.41, 5.74) is 0.319. The summed E-state index contributed by atoms with van der Waals surface area (Å²) in [6.45, 7) is 0.241. The standard InChI is InChI=1S/C13H13F2N3O3/c1-21-5-4-11-12(13(19)20)16-17-18(11)7-8-2-3-9(14)6-10(8)15/h2-3,6H,4-5,7H2,1H3,(H,19,20). The summed E-state index contributed by atoms with van der Waals surface area (Å²) in [4.78, 5) is 11.1. The van der Waals surface area contributed by atoms with E-state index >= 15 is 0 Å². The number of ether oxygens (including phenoxy) is 1. The molecule has 21 heavy (non-hydrogen) atoms. The Labute approximate surface area is 119 Å². The molecule has 0 saturated heterocycles. The van der Waals surface area contributed by atoms with Gasteiger partial charge in [0.05, 0.1) is 18.8 Å². The van der Waals surface area contributed by atoms with Gasteiger partial charge in [0.1, 0.15) is 11.6 Å². The third-order valence-corrected chi connectivity index (χ3v) is 2.92. The number of hydrogen-bond acceptors (Lipinski definition) is 4. The Hall–Kier alpha value is -2.35. The number of halogens is 2. The Morgan fingerprint density at radius 3 is 2.81 bits per heavy atom. The minimum Gasteiger partial charge on any atom is -0.476 e. The molecule has 1 aromatic heterocycles. The molecule has 2 aromatic rings. The fourth-order valence-corrected chi connectivity index (χ4v) is 1.88. The molecule has 0 radical (unpaired) electrons. The summed E-state index contributed by atoms with van der Waals surface area (Å²) in [5.74, 6) is -2.62. The van der Waals surface area contributed by atoms with Gasteiger partial charge in [-0.15, -0.1) is 5.10 Å². The SMILES string of the molecule is COCCc1c(C(=O)O)nnn1Cc1ccc(F)cc1F. The van der Waals surface area contributed by atoms with Gasteiger partial charge in [-0.05, 0) is 6.07 Å². The molecule has 0 spiro atoms. The van der Waals surface area contributed by atoms with Crippen LogP contribution in [0.5, 0.6) is 0 Å². The van der Waals surface area contributed by atoms with Crippen LogP contribution in [0.1, 0.15) is 21.7 Å². The van der Waals surface area contributed by atoms with Gasteiger partial charge in [0, 0.05) is 25.2 Å². The first-order valence-electron chi connectivity index (χ1n) is 6.11. The van der Waals surface area contributed by atoms with Gasteiger partial charge in [-0.25, -0.2) is 18.3 Å². The number of hydrogen-bond donors (Lipinski definition) is 1. The molecular formula is C13H13F2N3O3. The van der Waals surface area contributed by atoms with Crippen molar-refractivity contribution in [2.45, 2.75) is 13.0 Å². The molecule has 0 amide bonds. The van der Waals surface area contributed by atoms with Crippen LogP contribution in [0, 0.1) is 11.6 Å². The van der Waals surface area contributed by atoms with E-state index in [9.17, 15) is 13.6 Å². The first-order chi connectivity index (χ1) is 10.0. The Balaban J connectivity index is 2.32. The van der Waals surface area contributed by atoms with E-state index in [1.54, 1.807) is 0 Å². The van der Waals surface area contributed by atoms with Crippen molar-refractivity contribution in [3.8, 4) is 0 Å². The first-order valence-corrected chi connectivity index (χ1v) is 6.11. The van der Waals surface area contributed by atoms with Crippen molar-refractivity contribution in [2.24, 2.45) is 0 Å². The number of methoxy groups -OCH3 is 1. The number of aromatic carboxylic acids is 1. The Bertz CT molecular complexity index is 658. The quantitative estimate of drug-likeness (QED) is 0.874. The zero-order valence-electron chi connectivity index (χ0n) is 11.2. The van der Waals surface area contributed by atoms with Gasteiger partial charge in [-0.1, -0.05) is 11.3 Å². The average molecular weight is 297 g/mol. The highest BCUT2D eigenvalue weighted by Crippen LogP contribution is 2.14. The maximum Gasteiger partial charge on any atom is 0.358 e. The summed E-state index contributed by atoms with van der Waals surface area (Å²) in [6.07, 6.45) is 0.272. The second-order valence-corrected chi connectivity index (χ2v) is 4.33. The predicted octanol–water partition coefficient (Wildman–Crippen LogP) is 1.49. The van der Waals surface area contributed by atoms with E-state index in [1.807, 2.05) is 0 Å². The third kappa shape index (κ3) is 3.40. The lowest BCUT2D eigenvalue weighted by molar-refractivity contribution is 0.0688. The molecule has 1 N–H and O–H groups in total. The van der Waals surface area contributed by atoms with Crippen molar-refractivity contribution in [2.75, 3.05) is 13.7 Å². The largest absolute Gasteiger partial charge is 0.476 e. The predicted molar refractivity (Wildman–Crippen MR) is 68.0 cm³/mol. The fraction of sp³-hybridized carbons (Fsp3) is 0.308. The normalized spacial score (nSPS) is 10.8. The zero-order chi connectivity index (χ0) is 15.4. The molecule has 0 unspecified atom stereocenters. The molecular weight excluding hydrogens is 284 g/mol. The minimum atomic E-state index is -1.22. The molecule has 0 fully saturated rings. The molecule has 1 heterocycles. The van der Waals surface area contributed by atoms with Crippen molar-refractivity contribution in [1.29, 1.82) is 0 Å². The van der Waals surface area contributed by atoms with Crippen LogP contribution >= 0.6 is 0 Å². The van der Waals surface area contributed by atoms with E-state index in [1.165, 1.54) is 17.9 Å².